The van der Waals surface area contributed by atoms with Crippen LogP contribution < -0.4 is 5.32 Å². The molecule has 2 aromatic carbocycles. The maximum atomic E-state index is 13.8. The molecule has 0 aliphatic carbocycles. The highest BCUT2D eigenvalue weighted by molar-refractivity contribution is 6.06. The number of alkyl carbamates (subject to hydrolysis) is 1. The minimum atomic E-state index is -0.697. The lowest BCUT2D eigenvalue weighted by Gasteiger charge is -2.30. The van der Waals surface area contributed by atoms with Crippen molar-refractivity contribution in [1.82, 2.24) is 34.5 Å². The Bertz CT molecular complexity index is 2570. The van der Waals surface area contributed by atoms with Gasteiger partial charge in [0.2, 0.25) is 11.8 Å². The van der Waals surface area contributed by atoms with Crippen molar-refractivity contribution in [3.63, 3.8) is 0 Å². The summed E-state index contributed by atoms with van der Waals surface area (Å²) in [5, 5.41) is 4.82. The van der Waals surface area contributed by atoms with Gasteiger partial charge in [0.1, 0.15) is 17.7 Å². The summed E-state index contributed by atoms with van der Waals surface area (Å²) in [6.07, 6.45) is 7.23. The first-order valence-corrected chi connectivity index (χ1v) is 21.1. The summed E-state index contributed by atoms with van der Waals surface area (Å²) in [5.74, 6) is 0.563. The molecule has 3 amide bonds. The Kier molecular flexibility index (Phi) is 11.2. The Morgan fingerprint density at radius 3 is 2.32 bits per heavy atom. The van der Waals surface area contributed by atoms with E-state index in [1.807, 2.05) is 56.8 Å². The van der Waals surface area contributed by atoms with Crippen LogP contribution >= 0.6 is 0 Å². The van der Waals surface area contributed by atoms with Gasteiger partial charge in [-0.3, -0.25) is 23.8 Å². The van der Waals surface area contributed by atoms with E-state index in [4.69, 9.17) is 24.4 Å². The zero-order valence-corrected chi connectivity index (χ0v) is 35.4. The minimum absolute atomic E-state index is 0.000784. The summed E-state index contributed by atoms with van der Waals surface area (Å²) < 4.78 is 11.9. The molecule has 0 radical (unpaired) electrons. The minimum Gasteiger partial charge on any atom is -0.469 e. The van der Waals surface area contributed by atoms with E-state index >= 15 is 0 Å². The molecule has 2 saturated heterocycles. The number of aromatic amines is 1. The fourth-order valence-electron chi connectivity index (χ4n) is 9.33. The number of aromatic nitrogens is 4. The second-order valence-corrected chi connectivity index (χ2v) is 17.0. The van der Waals surface area contributed by atoms with Crippen LogP contribution in [-0.4, -0.2) is 98.1 Å². The highest BCUT2D eigenvalue weighted by atomic mass is 16.5. The SMILES string of the molecule is COC(=O)C[C@H](C(=O)N1CCCC1C1=NC=C(c2ccc3c(c2)nc(C)n2c4ccc(-c5cnc([C@@H]6CCCN6C(=O)[C@@H](NC(=O)OC)C(C)C)[nH]5)cc4cc32)C1)C(C)C. The molecule has 0 saturated carbocycles. The number of likely N-dealkylation sites (tertiary alicyclic amines) is 2. The van der Waals surface area contributed by atoms with Gasteiger partial charge in [0.25, 0.3) is 0 Å². The number of aryl methyl sites for hydroxylation is 1. The van der Waals surface area contributed by atoms with E-state index in [1.54, 1.807) is 0 Å². The van der Waals surface area contributed by atoms with Gasteiger partial charge in [-0.1, -0.05) is 45.9 Å². The van der Waals surface area contributed by atoms with Crippen LogP contribution in [0.2, 0.25) is 0 Å². The summed E-state index contributed by atoms with van der Waals surface area (Å²) >= 11 is 0. The molecule has 14 nitrogen and oxygen atoms in total. The van der Waals surface area contributed by atoms with Crippen molar-refractivity contribution < 1.29 is 28.7 Å². The number of carbonyl (C=O) groups excluding carboxylic acids is 4. The number of amides is 3. The van der Waals surface area contributed by atoms with E-state index < -0.39 is 18.1 Å². The topological polar surface area (TPSA) is 164 Å². The molecule has 2 N–H and O–H groups in total. The molecule has 4 atom stereocenters. The number of imidazole rings is 1. The van der Waals surface area contributed by atoms with Crippen LogP contribution in [0.1, 0.15) is 89.5 Å². The van der Waals surface area contributed by atoms with Gasteiger partial charge < -0.3 is 29.6 Å². The Morgan fingerprint density at radius 2 is 1.60 bits per heavy atom. The summed E-state index contributed by atoms with van der Waals surface area (Å²) in [7, 11) is 2.66. The van der Waals surface area contributed by atoms with E-state index in [9.17, 15) is 19.2 Å². The number of nitrogens with zero attached hydrogens (tertiary/aromatic N) is 6. The molecule has 6 heterocycles. The van der Waals surface area contributed by atoms with Crippen LogP contribution in [0.3, 0.4) is 0 Å². The van der Waals surface area contributed by atoms with Crippen molar-refractivity contribution in [1.29, 1.82) is 0 Å². The Morgan fingerprint density at radius 1 is 0.867 bits per heavy atom. The number of aliphatic imine (C=N–C) groups is 1. The quantitative estimate of drug-likeness (QED) is 0.130. The molecule has 5 aromatic rings. The van der Waals surface area contributed by atoms with E-state index in [1.165, 1.54) is 14.2 Å². The van der Waals surface area contributed by atoms with Crippen molar-refractivity contribution in [3.05, 3.63) is 72.1 Å². The largest absolute Gasteiger partial charge is 0.469 e. The molecule has 60 heavy (non-hydrogen) atoms. The fraction of sp³-hybridized carbons (Fsp3) is 0.457. The highest BCUT2D eigenvalue weighted by Crippen LogP contribution is 2.37. The summed E-state index contributed by atoms with van der Waals surface area (Å²) in [5.41, 5.74) is 7.96. The third-order valence-corrected chi connectivity index (χ3v) is 12.6. The molecule has 8 rings (SSSR count). The molecule has 2 fully saturated rings. The van der Waals surface area contributed by atoms with Crippen LogP contribution in [0.4, 0.5) is 4.79 Å². The molecule has 3 aliphatic heterocycles. The first kappa shape index (κ1) is 40.7. The highest BCUT2D eigenvalue weighted by Gasteiger charge is 2.39. The van der Waals surface area contributed by atoms with Crippen molar-refractivity contribution in [2.75, 3.05) is 27.3 Å². The van der Waals surface area contributed by atoms with Crippen LogP contribution in [0.15, 0.2) is 59.9 Å². The van der Waals surface area contributed by atoms with Crippen LogP contribution in [-0.2, 0) is 23.9 Å². The number of methoxy groups -OCH3 is 2. The van der Waals surface area contributed by atoms with Gasteiger partial charge in [0.05, 0.1) is 67.1 Å². The molecular formula is C46H54N8O6. The van der Waals surface area contributed by atoms with Gasteiger partial charge >= 0.3 is 12.1 Å². The number of nitrogens with one attached hydrogen (secondary N) is 2. The smallest absolute Gasteiger partial charge is 0.407 e. The Balaban J connectivity index is 1.01. The predicted molar refractivity (Wildman–Crippen MR) is 230 cm³/mol. The van der Waals surface area contributed by atoms with Gasteiger partial charge in [0.15, 0.2) is 0 Å². The Labute approximate surface area is 349 Å². The second-order valence-electron chi connectivity index (χ2n) is 17.0. The van der Waals surface area contributed by atoms with E-state index in [-0.39, 0.29) is 48.1 Å². The molecular weight excluding hydrogens is 761 g/mol. The number of fused-ring (bicyclic) bond motifs is 5. The molecule has 314 valence electrons. The summed E-state index contributed by atoms with van der Waals surface area (Å²) in [6.45, 7) is 11.0. The number of H-pyrrole nitrogens is 1. The van der Waals surface area contributed by atoms with Crippen molar-refractivity contribution in [2.24, 2.45) is 22.7 Å². The number of benzene rings is 2. The van der Waals surface area contributed by atoms with E-state index in [0.717, 1.165) is 92.8 Å². The molecule has 14 heteroatoms. The average Bonchev–Trinajstić information content (AvgIpc) is 4.09. The van der Waals surface area contributed by atoms with E-state index in [0.29, 0.717) is 19.5 Å². The monoisotopic (exact) mass is 814 g/mol. The zero-order chi connectivity index (χ0) is 42.4. The molecule has 3 aliphatic rings. The Hall–Kier alpha value is -6.05. The third-order valence-electron chi connectivity index (χ3n) is 12.6. The third kappa shape index (κ3) is 7.52. The van der Waals surface area contributed by atoms with Crippen LogP contribution in [0.25, 0.3) is 44.2 Å². The molecule has 0 bridgehead atoms. The molecule has 0 spiro atoms. The van der Waals surface area contributed by atoms with Crippen LogP contribution in [0.5, 0.6) is 0 Å². The second kappa shape index (κ2) is 16.5. The normalized spacial score (nSPS) is 19.1. The van der Waals surface area contributed by atoms with Crippen molar-refractivity contribution in [2.45, 2.75) is 91.3 Å². The van der Waals surface area contributed by atoms with E-state index in [2.05, 4.69) is 57.2 Å². The first-order valence-electron chi connectivity index (χ1n) is 21.1. The number of allylic oxidation sites excluding steroid dienone is 1. The number of hydrogen-bond donors (Lipinski definition) is 2. The number of carbonyl (C=O) groups is 4. The maximum absolute atomic E-state index is 13.8. The zero-order valence-electron chi connectivity index (χ0n) is 35.4. The predicted octanol–water partition coefficient (Wildman–Crippen LogP) is 7.40. The number of esters is 1. The lowest BCUT2D eigenvalue weighted by Crippen LogP contribution is -2.51. The first-order chi connectivity index (χ1) is 28.9. The maximum Gasteiger partial charge on any atom is 0.407 e. The number of hydrogen-bond acceptors (Lipinski definition) is 9. The van der Waals surface area contributed by atoms with Gasteiger partial charge in [-0.25, -0.2) is 14.8 Å². The summed E-state index contributed by atoms with van der Waals surface area (Å²) in [4.78, 5) is 73.6. The fourth-order valence-corrected chi connectivity index (χ4v) is 9.33. The number of rotatable bonds is 11. The van der Waals surface area contributed by atoms with Gasteiger partial charge in [-0.05, 0) is 79.8 Å². The summed E-state index contributed by atoms with van der Waals surface area (Å²) in [6, 6.07) is 14.0. The van der Waals surface area contributed by atoms with Crippen molar-refractivity contribution in [3.8, 4) is 11.3 Å². The van der Waals surface area contributed by atoms with Crippen molar-refractivity contribution >= 4 is 62.5 Å². The van der Waals surface area contributed by atoms with Gasteiger partial charge in [-0.2, -0.15) is 0 Å². The number of ether oxygens (including phenoxy) is 2. The standard InChI is InChI=1S/C46H54N8O6/c1-25(2)33(22-41(55)59-6)44(56)52-16-8-10-38(52)35-20-31(23-47-35)28-12-14-32-34(19-28)49-27(5)54-37-15-13-29(18-30(37)21-40(32)54)36-24-48-43(50-36)39-11-9-17-53(39)45(57)42(26(3)4)51-46(58)60-7/h12-15,18-19,21,23-26,33,38-39,42H,8-11,16-17,20,22H2,1-7H3,(H,48,50)(H,51,58)/t33-,38?,39-,42-/m0/s1. The molecule has 1 unspecified atom stereocenters. The van der Waals surface area contributed by atoms with Crippen LogP contribution in [0, 0.1) is 24.7 Å². The molecule has 3 aromatic heterocycles. The van der Waals surface area contributed by atoms with Gasteiger partial charge in [0, 0.05) is 47.8 Å². The lowest BCUT2D eigenvalue weighted by molar-refractivity contribution is -0.148. The average molecular weight is 815 g/mol. The van der Waals surface area contributed by atoms with Gasteiger partial charge in [-0.15, -0.1) is 0 Å². The lowest BCUT2D eigenvalue weighted by atomic mass is 9.90.